The van der Waals surface area contributed by atoms with Crippen LogP contribution in [0.4, 0.5) is 9.59 Å². The highest BCUT2D eigenvalue weighted by molar-refractivity contribution is 5.66. The third-order valence-electron chi connectivity index (χ3n) is 9.08. The summed E-state index contributed by atoms with van der Waals surface area (Å²) in [5.41, 5.74) is 1.16. The van der Waals surface area contributed by atoms with Gasteiger partial charge in [0, 0.05) is 18.8 Å². The predicted octanol–water partition coefficient (Wildman–Crippen LogP) is 4.95. The molecule has 0 radical (unpaired) electrons. The van der Waals surface area contributed by atoms with Gasteiger partial charge in [0.15, 0.2) is 0 Å². The van der Waals surface area contributed by atoms with Gasteiger partial charge < -0.3 is 24.1 Å². The standard InChI is InChI=1S/C25H36O8/c1-25-11-10-16(32-23(28)30-2)12-15(25)13-20(33-24(29)31-3)22-18-6-4-14(5-9-21(26)27)17(18)7-8-19(22)25/h13-14,16-20,22H,4-12H2,1-3H3,(H,26,27). The first-order valence-electron chi connectivity index (χ1n) is 12.2. The average molecular weight is 465 g/mol. The second kappa shape index (κ2) is 9.55. The number of aliphatic carboxylic acids is 1. The number of methoxy groups -OCH3 is 2. The molecule has 8 nitrogen and oxygen atoms in total. The molecule has 4 aliphatic carbocycles. The van der Waals surface area contributed by atoms with Gasteiger partial charge in [-0.3, -0.25) is 4.79 Å². The highest BCUT2D eigenvalue weighted by atomic mass is 16.7. The normalized spacial score (nSPS) is 39.2. The number of carboxylic acids is 1. The lowest BCUT2D eigenvalue weighted by molar-refractivity contribution is -0.137. The summed E-state index contributed by atoms with van der Waals surface area (Å²) in [6, 6.07) is 0. The fourth-order valence-electron chi connectivity index (χ4n) is 7.61. The van der Waals surface area contributed by atoms with Gasteiger partial charge in [0.25, 0.3) is 0 Å². The Hall–Kier alpha value is -2.25. The number of hydrogen-bond acceptors (Lipinski definition) is 7. The topological polar surface area (TPSA) is 108 Å². The first-order chi connectivity index (χ1) is 15.8. The van der Waals surface area contributed by atoms with Crippen LogP contribution in [0.15, 0.2) is 11.6 Å². The Labute approximate surface area is 195 Å². The van der Waals surface area contributed by atoms with Gasteiger partial charge in [-0.1, -0.05) is 12.5 Å². The van der Waals surface area contributed by atoms with Crippen LogP contribution in [-0.2, 0) is 23.7 Å². The zero-order valence-electron chi connectivity index (χ0n) is 19.8. The summed E-state index contributed by atoms with van der Waals surface area (Å²) in [5, 5.41) is 9.16. The first-order valence-corrected chi connectivity index (χ1v) is 12.2. The maximum absolute atomic E-state index is 12.2. The van der Waals surface area contributed by atoms with Gasteiger partial charge >= 0.3 is 18.3 Å². The lowest BCUT2D eigenvalue weighted by Gasteiger charge is -2.57. The molecule has 8 atom stereocenters. The zero-order valence-corrected chi connectivity index (χ0v) is 19.8. The van der Waals surface area contributed by atoms with Crippen LogP contribution in [0.25, 0.3) is 0 Å². The lowest BCUT2D eigenvalue weighted by atomic mass is 9.49. The quantitative estimate of drug-likeness (QED) is 0.450. The van der Waals surface area contributed by atoms with Crippen LogP contribution >= 0.6 is 0 Å². The molecule has 4 rings (SSSR count). The molecule has 184 valence electrons. The van der Waals surface area contributed by atoms with E-state index in [0.717, 1.165) is 44.9 Å². The van der Waals surface area contributed by atoms with E-state index in [1.54, 1.807) is 0 Å². The number of carbonyl (C=O) groups excluding carboxylic acids is 2. The van der Waals surface area contributed by atoms with Gasteiger partial charge in [-0.05, 0) is 80.1 Å². The summed E-state index contributed by atoms with van der Waals surface area (Å²) in [6.07, 6.45) is 7.58. The predicted molar refractivity (Wildman–Crippen MR) is 117 cm³/mol. The summed E-state index contributed by atoms with van der Waals surface area (Å²) in [6.45, 7) is 2.32. The van der Waals surface area contributed by atoms with Crippen LogP contribution in [-0.4, -0.2) is 49.8 Å². The van der Waals surface area contributed by atoms with Crippen LogP contribution in [0.1, 0.15) is 64.7 Å². The number of carboxylic acid groups (broad SMARTS) is 1. The zero-order chi connectivity index (χ0) is 23.8. The van der Waals surface area contributed by atoms with Crippen molar-refractivity contribution in [2.45, 2.75) is 76.9 Å². The minimum Gasteiger partial charge on any atom is -0.481 e. The van der Waals surface area contributed by atoms with Crippen LogP contribution in [0.2, 0.25) is 0 Å². The molecular formula is C25H36O8. The second-order valence-electron chi connectivity index (χ2n) is 10.4. The highest BCUT2D eigenvalue weighted by Crippen LogP contribution is 2.63. The Morgan fingerprint density at radius 2 is 1.70 bits per heavy atom. The van der Waals surface area contributed by atoms with E-state index < -0.39 is 18.3 Å². The SMILES string of the molecule is COC(=O)OC1CCC2(C)C(=CC(OC(=O)OC)C3C4CCC(CCC(=O)O)C4CCC32)C1. The van der Waals surface area contributed by atoms with Crippen LogP contribution in [0, 0.1) is 35.0 Å². The fraction of sp³-hybridized carbons (Fsp3) is 0.800. The van der Waals surface area contributed by atoms with Crippen molar-refractivity contribution in [3.05, 3.63) is 11.6 Å². The number of rotatable bonds is 5. The van der Waals surface area contributed by atoms with E-state index >= 15 is 0 Å². The third kappa shape index (κ3) is 4.58. The molecule has 0 spiro atoms. The molecule has 4 aliphatic rings. The Balaban J connectivity index is 1.60. The van der Waals surface area contributed by atoms with Crippen LogP contribution in [0.3, 0.4) is 0 Å². The summed E-state index contributed by atoms with van der Waals surface area (Å²) >= 11 is 0. The summed E-state index contributed by atoms with van der Waals surface area (Å²) in [5.74, 6) is 1.15. The van der Waals surface area contributed by atoms with Gasteiger partial charge in [0.1, 0.15) is 12.2 Å². The molecule has 8 heteroatoms. The second-order valence-corrected chi connectivity index (χ2v) is 10.4. The van der Waals surface area contributed by atoms with Gasteiger partial charge in [-0.25, -0.2) is 9.59 Å². The van der Waals surface area contributed by atoms with Crippen molar-refractivity contribution in [1.29, 1.82) is 0 Å². The first kappa shape index (κ1) is 23.9. The Morgan fingerprint density at radius 1 is 1.00 bits per heavy atom. The molecule has 3 fully saturated rings. The number of hydrogen-bond donors (Lipinski definition) is 1. The molecule has 0 saturated heterocycles. The molecule has 0 heterocycles. The molecular weight excluding hydrogens is 428 g/mol. The third-order valence-corrected chi connectivity index (χ3v) is 9.08. The Bertz CT molecular complexity index is 806. The minimum atomic E-state index is -0.734. The average Bonchev–Trinajstić information content (AvgIpc) is 3.21. The molecule has 0 amide bonds. The molecule has 33 heavy (non-hydrogen) atoms. The van der Waals surface area contributed by atoms with E-state index in [0.29, 0.717) is 30.1 Å². The molecule has 3 saturated carbocycles. The van der Waals surface area contributed by atoms with Crippen LogP contribution < -0.4 is 0 Å². The molecule has 0 aromatic carbocycles. The van der Waals surface area contributed by atoms with Crippen molar-refractivity contribution in [3.63, 3.8) is 0 Å². The Kier molecular flexibility index (Phi) is 6.91. The van der Waals surface area contributed by atoms with Crippen molar-refractivity contribution in [2.75, 3.05) is 14.2 Å². The van der Waals surface area contributed by atoms with Crippen molar-refractivity contribution < 1.29 is 38.4 Å². The molecule has 0 aromatic rings. The van der Waals surface area contributed by atoms with E-state index in [-0.39, 0.29) is 30.0 Å². The number of carbonyl (C=O) groups is 3. The summed E-state index contributed by atoms with van der Waals surface area (Å²) in [4.78, 5) is 35.0. The van der Waals surface area contributed by atoms with E-state index in [1.165, 1.54) is 19.8 Å². The number of fused-ring (bicyclic) bond motifs is 5. The smallest absolute Gasteiger partial charge is 0.481 e. The van der Waals surface area contributed by atoms with Gasteiger partial charge in [-0.15, -0.1) is 0 Å². The molecule has 8 unspecified atom stereocenters. The minimum absolute atomic E-state index is 0.0270. The monoisotopic (exact) mass is 464 g/mol. The van der Waals surface area contributed by atoms with E-state index in [4.69, 9.17) is 19.3 Å². The lowest BCUT2D eigenvalue weighted by Crippen LogP contribution is -2.53. The van der Waals surface area contributed by atoms with Crippen molar-refractivity contribution in [2.24, 2.45) is 35.0 Å². The molecule has 1 N–H and O–H groups in total. The highest BCUT2D eigenvalue weighted by Gasteiger charge is 2.58. The van der Waals surface area contributed by atoms with E-state index in [2.05, 4.69) is 17.7 Å². The largest absolute Gasteiger partial charge is 0.508 e. The van der Waals surface area contributed by atoms with Gasteiger partial charge in [-0.2, -0.15) is 0 Å². The van der Waals surface area contributed by atoms with Crippen molar-refractivity contribution >= 4 is 18.3 Å². The van der Waals surface area contributed by atoms with Crippen LogP contribution in [0.5, 0.6) is 0 Å². The van der Waals surface area contributed by atoms with Crippen molar-refractivity contribution in [3.8, 4) is 0 Å². The Morgan fingerprint density at radius 3 is 2.39 bits per heavy atom. The molecule has 0 aromatic heterocycles. The maximum atomic E-state index is 12.2. The number of ether oxygens (including phenoxy) is 4. The van der Waals surface area contributed by atoms with E-state index in [1.807, 2.05) is 0 Å². The summed E-state index contributed by atoms with van der Waals surface area (Å²) < 4.78 is 20.8. The maximum Gasteiger partial charge on any atom is 0.508 e. The van der Waals surface area contributed by atoms with Gasteiger partial charge in [0.2, 0.25) is 0 Å². The fourth-order valence-corrected chi connectivity index (χ4v) is 7.61. The molecule has 0 aliphatic heterocycles. The van der Waals surface area contributed by atoms with Gasteiger partial charge in [0.05, 0.1) is 14.2 Å². The molecule has 0 bridgehead atoms. The summed E-state index contributed by atoms with van der Waals surface area (Å²) in [7, 11) is 2.63. The van der Waals surface area contributed by atoms with E-state index in [9.17, 15) is 14.4 Å². The van der Waals surface area contributed by atoms with Crippen molar-refractivity contribution in [1.82, 2.24) is 0 Å².